The number of amides is 2. The Morgan fingerprint density at radius 1 is 1.45 bits per heavy atom. The van der Waals surface area contributed by atoms with Crippen molar-refractivity contribution in [3.05, 3.63) is 23.7 Å². The maximum absolute atomic E-state index is 12.1. The van der Waals surface area contributed by atoms with Gasteiger partial charge in [0.1, 0.15) is 5.76 Å². The number of furan rings is 1. The highest BCUT2D eigenvalue weighted by atomic mass is 32.2. The highest BCUT2D eigenvalue weighted by Crippen LogP contribution is 2.25. The van der Waals surface area contributed by atoms with Crippen molar-refractivity contribution < 1.29 is 14.0 Å². The van der Waals surface area contributed by atoms with Crippen LogP contribution in [0.15, 0.2) is 16.5 Å². The summed E-state index contributed by atoms with van der Waals surface area (Å²) in [5, 5.41) is 2.87. The fourth-order valence-electron chi connectivity index (χ4n) is 2.61. The summed E-state index contributed by atoms with van der Waals surface area (Å²) in [7, 11) is 0. The number of likely N-dealkylation sites (tertiary alicyclic amines) is 1. The molecule has 6 heteroatoms. The third-order valence-corrected chi connectivity index (χ3v) is 4.31. The second-order valence-corrected chi connectivity index (χ2v) is 7.52. The van der Waals surface area contributed by atoms with Crippen LogP contribution in [-0.4, -0.2) is 41.6 Å². The fourth-order valence-corrected chi connectivity index (χ4v) is 3.05. The van der Waals surface area contributed by atoms with Gasteiger partial charge in [-0.1, -0.05) is 0 Å². The van der Waals surface area contributed by atoms with Crippen LogP contribution in [0.2, 0.25) is 0 Å². The molecule has 1 aromatic heterocycles. The summed E-state index contributed by atoms with van der Waals surface area (Å²) in [5.74, 6) is 2.00. The predicted molar refractivity (Wildman–Crippen MR) is 87.8 cm³/mol. The maximum Gasteiger partial charge on any atom is 0.287 e. The summed E-state index contributed by atoms with van der Waals surface area (Å²) in [4.78, 5) is 26.0. The van der Waals surface area contributed by atoms with Crippen LogP contribution >= 0.6 is 11.8 Å². The molecule has 0 spiro atoms. The second kappa shape index (κ2) is 6.77. The van der Waals surface area contributed by atoms with E-state index in [2.05, 4.69) is 5.32 Å². The van der Waals surface area contributed by atoms with E-state index in [1.165, 1.54) is 0 Å². The van der Waals surface area contributed by atoms with Crippen molar-refractivity contribution >= 4 is 23.6 Å². The molecular formula is C16H24N2O3S. The SMILES string of the molecule is CSCc1ccc(C(=O)NCC2CC(=O)N(C(C)(C)C)C2)o1. The Morgan fingerprint density at radius 3 is 2.77 bits per heavy atom. The number of thioether (sulfide) groups is 1. The molecule has 0 saturated carbocycles. The molecule has 2 rings (SSSR count). The Morgan fingerprint density at radius 2 is 2.18 bits per heavy atom. The third kappa shape index (κ3) is 4.06. The van der Waals surface area contributed by atoms with Gasteiger partial charge < -0.3 is 14.6 Å². The number of hydrogen-bond acceptors (Lipinski definition) is 4. The van der Waals surface area contributed by atoms with Gasteiger partial charge in [-0.15, -0.1) is 0 Å². The first-order valence-electron chi connectivity index (χ1n) is 7.47. The minimum absolute atomic E-state index is 0.159. The molecule has 1 aromatic rings. The Kier molecular flexibility index (Phi) is 5.21. The van der Waals surface area contributed by atoms with E-state index in [0.717, 1.165) is 11.5 Å². The Balaban J connectivity index is 1.85. The van der Waals surface area contributed by atoms with E-state index in [9.17, 15) is 9.59 Å². The Hall–Kier alpha value is -1.43. The normalized spacial score (nSPS) is 18.8. The lowest BCUT2D eigenvalue weighted by molar-refractivity contribution is -0.131. The summed E-state index contributed by atoms with van der Waals surface area (Å²) in [5.41, 5.74) is -0.163. The van der Waals surface area contributed by atoms with Crippen molar-refractivity contribution in [2.24, 2.45) is 5.92 Å². The average Bonchev–Trinajstić information content (AvgIpc) is 3.02. The van der Waals surface area contributed by atoms with Gasteiger partial charge in [0.2, 0.25) is 5.91 Å². The smallest absolute Gasteiger partial charge is 0.287 e. The van der Waals surface area contributed by atoms with E-state index in [-0.39, 0.29) is 23.3 Å². The quantitative estimate of drug-likeness (QED) is 0.904. The first kappa shape index (κ1) is 16.9. The molecule has 0 bridgehead atoms. The van der Waals surface area contributed by atoms with Crippen LogP contribution < -0.4 is 5.32 Å². The van der Waals surface area contributed by atoms with Gasteiger partial charge in [-0.3, -0.25) is 9.59 Å². The van der Waals surface area contributed by atoms with Gasteiger partial charge in [0.15, 0.2) is 5.76 Å². The largest absolute Gasteiger partial charge is 0.455 e. The molecule has 0 aromatic carbocycles. The lowest BCUT2D eigenvalue weighted by Crippen LogP contribution is -2.42. The van der Waals surface area contributed by atoms with Crippen molar-refractivity contribution in [3.8, 4) is 0 Å². The van der Waals surface area contributed by atoms with E-state index < -0.39 is 0 Å². The number of carbonyl (C=O) groups excluding carboxylic acids is 2. The number of nitrogens with one attached hydrogen (secondary N) is 1. The predicted octanol–water partition coefficient (Wildman–Crippen LogP) is 2.52. The summed E-state index contributed by atoms with van der Waals surface area (Å²) < 4.78 is 5.49. The minimum Gasteiger partial charge on any atom is -0.455 e. The highest BCUT2D eigenvalue weighted by molar-refractivity contribution is 7.97. The number of rotatable bonds is 5. The number of hydrogen-bond donors (Lipinski definition) is 1. The van der Waals surface area contributed by atoms with Crippen molar-refractivity contribution in [1.82, 2.24) is 10.2 Å². The molecular weight excluding hydrogens is 300 g/mol. The molecule has 1 aliphatic heterocycles. The van der Waals surface area contributed by atoms with E-state index in [1.807, 2.05) is 38.0 Å². The summed E-state index contributed by atoms with van der Waals surface area (Å²) in [6.07, 6.45) is 2.48. The van der Waals surface area contributed by atoms with Crippen LogP contribution in [0.3, 0.4) is 0 Å². The molecule has 1 aliphatic rings. The molecule has 1 saturated heterocycles. The molecule has 5 nitrogen and oxygen atoms in total. The molecule has 0 aliphatic carbocycles. The van der Waals surface area contributed by atoms with Crippen molar-refractivity contribution in [1.29, 1.82) is 0 Å². The topological polar surface area (TPSA) is 62.6 Å². The van der Waals surface area contributed by atoms with Crippen LogP contribution in [0, 0.1) is 5.92 Å². The average molecular weight is 324 g/mol. The molecule has 1 unspecified atom stereocenters. The van der Waals surface area contributed by atoms with Gasteiger partial charge in [0, 0.05) is 31.0 Å². The van der Waals surface area contributed by atoms with Crippen LogP contribution in [0.1, 0.15) is 43.5 Å². The summed E-state index contributed by atoms with van der Waals surface area (Å²) in [6, 6.07) is 3.52. The molecule has 22 heavy (non-hydrogen) atoms. The highest BCUT2D eigenvalue weighted by Gasteiger charge is 2.36. The van der Waals surface area contributed by atoms with E-state index in [4.69, 9.17) is 4.42 Å². The van der Waals surface area contributed by atoms with Crippen molar-refractivity contribution in [2.45, 2.75) is 38.5 Å². The zero-order chi connectivity index (χ0) is 16.3. The molecule has 1 N–H and O–H groups in total. The number of carbonyl (C=O) groups is 2. The lowest BCUT2D eigenvalue weighted by Gasteiger charge is -2.32. The maximum atomic E-state index is 12.1. The van der Waals surface area contributed by atoms with Gasteiger partial charge >= 0.3 is 0 Å². The summed E-state index contributed by atoms with van der Waals surface area (Å²) >= 11 is 1.65. The molecule has 0 radical (unpaired) electrons. The number of nitrogens with zero attached hydrogens (tertiary/aromatic N) is 1. The first-order valence-corrected chi connectivity index (χ1v) is 8.87. The van der Waals surface area contributed by atoms with Gasteiger partial charge in [0.05, 0.1) is 5.75 Å². The zero-order valence-corrected chi connectivity index (χ0v) is 14.5. The standard InChI is InChI=1S/C16H24N2O3S/c1-16(2,3)18-9-11(7-14(18)19)8-17-15(20)13-6-5-12(21-13)10-22-4/h5-6,11H,7-10H2,1-4H3,(H,17,20). The van der Waals surface area contributed by atoms with Crippen LogP contribution in [0.5, 0.6) is 0 Å². The van der Waals surface area contributed by atoms with Crippen LogP contribution in [0.25, 0.3) is 0 Å². The lowest BCUT2D eigenvalue weighted by atomic mass is 10.1. The van der Waals surface area contributed by atoms with Crippen LogP contribution in [0.4, 0.5) is 0 Å². The van der Waals surface area contributed by atoms with Crippen LogP contribution in [-0.2, 0) is 10.5 Å². The first-order chi connectivity index (χ1) is 10.3. The zero-order valence-electron chi connectivity index (χ0n) is 13.6. The van der Waals surface area contributed by atoms with Crippen molar-refractivity contribution in [3.63, 3.8) is 0 Å². The van der Waals surface area contributed by atoms with Gasteiger partial charge in [0.25, 0.3) is 5.91 Å². The van der Waals surface area contributed by atoms with E-state index in [0.29, 0.717) is 25.3 Å². The van der Waals surface area contributed by atoms with Gasteiger partial charge in [-0.25, -0.2) is 0 Å². The molecule has 122 valence electrons. The Bertz CT molecular complexity index is 548. The Labute approximate surface area is 135 Å². The van der Waals surface area contributed by atoms with Gasteiger partial charge in [-0.2, -0.15) is 11.8 Å². The van der Waals surface area contributed by atoms with E-state index in [1.54, 1.807) is 17.8 Å². The fraction of sp³-hybridized carbons (Fsp3) is 0.625. The minimum atomic E-state index is -0.214. The third-order valence-electron chi connectivity index (χ3n) is 3.74. The molecule has 1 fully saturated rings. The monoisotopic (exact) mass is 324 g/mol. The second-order valence-electron chi connectivity index (χ2n) is 6.65. The molecule has 2 heterocycles. The van der Waals surface area contributed by atoms with Gasteiger partial charge in [-0.05, 0) is 39.2 Å². The van der Waals surface area contributed by atoms with Crippen molar-refractivity contribution in [2.75, 3.05) is 19.3 Å². The molecule has 1 atom stereocenters. The summed E-state index contributed by atoms with van der Waals surface area (Å²) in [6.45, 7) is 7.28. The molecule has 2 amide bonds. The van der Waals surface area contributed by atoms with E-state index >= 15 is 0 Å².